The number of hydrogen-bond acceptors (Lipinski definition) is 4. The molecule has 0 aliphatic carbocycles. The van der Waals surface area contributed by atoms with Gasteiger partial charge in [0.15, 0.2) is 6.29 Å². The van der Waals surface area contributed by atoms with Crippen molar-refractivity contribution in [2.45, 2.75) is 12.3 Å². The zero-order chi connectivity index (χ0) is 5.61. The lowest BCUT2D eigenvalue weighted by Crippen LogP contribution is -2.16. The Morgan fingerprint density at radius 3 is 2.75 bits per heavy atom. The standard InChI is InChI=1S/C4H6O4/c5-4(2-7-4)8-3-1-6-3/h3,5H,1-2H2. The number of rotatable bonds is 2. The van der Waals surface area contributed by atoms with E-state index >= 15 is 0 Å². The third-order valence-electron chi connectivity index (χ3n) is 1.01. The Hall–Kier alpha value is -0.160. The summed E-state index contributed by atoms with van der Waals surface area (Å²) in [6.07, 6.45) is -0.220. The summed E-state index contributed by atoms with van der Waals surface area (Å²) in [6.45, 7) is 0.846. The van der Waals surface area contributed by atoms with Gasteiger partial charge in [-0.2, -0.15) is 0 Å². The molecule has 4 nitrogen and oxygen atoms in total. The number of aliphatic hydroxyl groups is 1. The second-order valence-corrected chi connectivity index (χ2v) is 1.88. The van der Waals surface area contributed by atoms with E-state index in [4.69, 9.17) is 9.84 Å². The van der Waals surface area contributed by atoms with Crippen molar-refractivity contribution in [2.75, 3.05) is 13.2 Å². The van der Waals surface area contributed by atoms with Crippen LogP contribution in [0.3, 0.4) is 0 Å². The fourth-order valence-corrected chi connectivity index (χ4v) is 0.442. The van der Waals surface area contributed by atoms with Crippen molar-refractivity contribution in [3.8, 4) is 0 Å². The second kappa shape index (κ2) is 1.22. The fourth-order valence-electron chi connectivity index (χ4n) is 0.442. The first-order chi connectivity index (χ1) is 3.79. The van der Waals surface area contributed by atoms with Gasteiger partial charge in [-0.3, -0.25) is 4.74 Å². The van der Waals surface area contributed by atoms with Gasteiger partial charge in [-0.1, -0.05) is 0 Å². The Balaban J connectivity index is 1.81. The quantitative estimate of drug-likeness (QED) is 0.374. The zero-order valence-corrected chi connectivity index (χ0v) is 4.16. The van der Waals surface area contributed by atoms with Crippen LogP contribution in [0.1, 0.15) is 0 Å². The molecule has 0 saturated carbocycles. The molecule has 0 aromatic rings. The van der Waals surface area contributed by atoms with E-state index in [1.165, 1.54) is 0 Å². The van der Waals surface area contributed by atoms with E-state index in [2.05, 4.69) is 9.47 Å². The molecule has 4 heteroatoms. The highest BCUT2D eigenvalue weighted by molar-refractivity contribution is 4.70. The number of ether oxygens (including phenoxy) is 3. The Kier molecular flexibility index (Phi) is 0.715. The largest absolute Gasteiger partial charge is 0.345 e. The van der Waals surface area contributed by atoms with Crippen molar-refractivity contribution < 1.29 is 19.3 Å². The summed E-state index contributed by atoms with van der Waals surface area (Å²) in [6, 6.07) is 0. The van der Waals surface area contributed by atoms with Crippen molar-refractivity contribution >= 4 is 0 Å². The third-order valence-corrected chi connectivity index (χ3v) is 1.01. The van der Waals surface area contributed by atoms with E-state index in [-0.39, 0.29) is 12.9 Å². The smallest absolute Gasteiger partial charge is 0.308 e. The Labute approximate surface area is 46.0 Å². The minimum absolute atomic E-state index is 0.220. The SMILES string of the molecule is OC1(OC2CO2)CO1. The summed E-state index contributed by atoms with van der Waals surface area (Å²) in [5, 5.41) is 8.81. The maximum absolute atomic E-state index is 8.81. The first kappa shape index (κ1) is 4.69. The molecule has 2 aliphatic heterocycles. The van der Waals surface area contributed by atoms with E-state index in [0.717, 1.165) is 0 Å². The van der Waals surface area contributed by atoms with Gasteiger partial charge in [0.2, 0.25) is 0 Å². The van der Waals surface area contributed by atoms with Gasteiger partial charge in [0.1, 0.15) is 13.2 Å². The molecule has 0 aromatic heterocycles. The Morgan fingerprint density at radius 2 is 2.38 bits per heavy atom. The van der Waals surface area contributed by atoms with Crippen LogP contribution < -0.4 is 0 Å². The lowest BCUT2D eigenvalue weighted by Gasteiger charge is -1.99. The van der Waals surface area contributed by atoms with Crippen LogP contribution in [0.4, 0.5) is 0 Å². The zero-order valence-electron chi connectivity index (χ0n) is 4.16. The maximum atomic E-state index is 8.81. The minimum Gasteiger partial charge on any atom is -0.345 e. The lowest BCUT2D eigenvalue weighted by atomic mass is 10.7. The van der Waals surface area contributed by atoms with Crippen LogP contribution in [0.2, 0.25) is 0 Å². The van der Waals surface area contributed by atoms with Crippen LogP contribution in [0, 0.1) is 0 Å². The van der Waals surface area contributed by atoms with Crippen molar-refractivity contribution in [3.05, 3.63) is 0 Å². The molecule has 0 spiro atoms. The van der Waals surface area contributed by atoms with Gasteiger partial charge in [0.05, 0.1) is 0 Å². The minimum atomic E-state index is -1.29. The molecule has 2 unspecified atom stereocenters. The molecule has 2 rings (SSSR count). The van der Waals surface area contributed by atoms with Crippen molar-refractivity contribution in [3.63, 3.8) is 0 Å². The van der Waals surface area contributed by atoms with E-state index in [0.29, 0.717) is 6.61 Å². The molecule has 2 fully saturated rings. The van der Waals surface area contributed by atoms with Gasteiger partial charge in [0.25, 0.3) is 0 Å². The number of hydrogen-bond donors (Lipinski definition) is 1. The molecular weight excluding hydrogens is 112 g/mol. The molecule has 1 N–H and O–H groups in total. The number of epoxide rings is 2. The average molecular weight is 118 g/mol. The predicted molar refractivity (Wildman–Crippen MR) is 21.7 cm³/mol. The van der Waals surface area contributed by atoms with Gasteiger partial charge in [0, 0.05) is 0 Å². The highest BCUT2D eigenvalue weighted by Crippen LogP contribution is 2.29. The Bertz CT molecular complexity index is 105. The van der Waals surface area contributed by atoms with Crippen LogP contribution in [0.15, 0.2) is 0 Å². The van der Waals surface area contributed by atoms with Gasteiger partial charge < -0.3 is 14.6 Å². The fraction of sp³-hybridized carbons (Fsp3) is 1.00. The second-order valence-electron chi connectivity index (χ2n) is 1.88. The normalized spacial score (nSPS) is 51.4. The molecule has 0 radical (unpaired) electrons. The topological polar surface area (TPSA) is 54.5 Å². The summed E-state index contributed by atoms with van der Waals surface area (Å²) in [7, 11) is 0. The predicted octanol–water partition coefficient (Wildman–Crippen LogP) is -0.964. The molecule has 46 valence electrons. The van der Waals surface area contributed by atoms with Gasteiger partial charge >= 0.3 is 5.97 Å². The Morgan fingerprint density at radius 1 is 1.75 bits per heavy atom. The van der Waals surface area contributed by atoms with Crippen molar-refractivity contribution in [1.29, 1.82) is 0 Å². The summed E-state index contributed by atoms with van der Waals surface area (Å²) in [5.41, 5.74) is 0. The van der Waals surface area contributed by atoms with Crippen molar-refractivity contribution in [1.82, 2.24) is 0 Å². The van der Waals surface area contributed by atoms with Crippen LogP contribution in [0.5, 0.6) is 0 Å². The van der Waals surface area contributed by atoms with Gasteiger partial charge in [-0.05, 0) is 0 Å². The lowest BCUT2D eigenvalue weighted by molar-refractivity contribution is -0.215. The summed E-state index contributed by atoms with van der Waals surface area (Å²) >= 11 is 0. The molecule has 2 heterocycles. The summed E-state index contributed by atoms with van der Waals surface area (Å²) < 4.78 is 13.9. The third kappa shape index (κ3) is 0.830. The van der Waals surface area contributed by atoms with E-state index in [1.807, 2.05) is 0 Å². The van der Waals surface area contributed by atoms with Gasteiger partial charge in [-0.25, -0.2) is 0 Å². The molecule has 8 heavy (non-hydrogen) atoms. The molecule has 2 saturated heterocycles. The maximum Gasteiger partial charge on any atom is 0.308 e. The first-order valence-electron chi connectivity index (χ1n) is 2.44. The molecule has 2 aliphatic rings. The average Bonchev–Trinajstić information content (AvgIpc) is 2.49. The van der Waals surface area contributed by atoms with Gasteiger partial charge in [-0.15, -0.1) is 0 Å². The highest BCUT2D eigenvalue weighted by atomic mass is 16.9. The molecule has 0 bridgehead atoms. The molecular formula is C4H6O4. The van der Waals surface area contributed by atoms with E-state index in [9.17, 15) is 0 Å². The van der Waals surface area contributed by atoms with Crippen LogP contribution in [-0.2, 0) is 14.2 Å². The van der Waals surface area contributed by atoms with Crippen LogP contribution in [-0.4, -0.2) is 30.6 Å². The monoisotopic (exact) mass is 118 g/mol. The van der Waals surface area contributed by atoms with E-state index in [1.54, 1.807) is 0 Å². The summed E-state index contributed by atoms with van der Waals surface area (Å²) in [5.74, 6) is -1.29. The highest BCUT2D eigenvalue weighted by Gasteiger charge is 2.49. The molecule has 2 atom stereocenters. The van der Waals surface area contributed by atoms with Crippen molar-refractivity contribution in [2.24, 2.45) is 0 Å². The molecule has 0 aromatic carbocycles. The van der Waals surface area contributed by atoms with E-state index < -0.39 is 5.97 Å². The van der Waals surface area contributed by atoms with Crippen LogP contribution >= 0.6 is 0 Å². The van der Waals surface area contributed by atoms with Crippen LogP contribution in [0.25, 0.3) is 0 Å². The first-order valence-corrected chi connectivity index (χ1v) is 2.44. The molecule has 0 amide bonds. The summed E-state index contributed by atoms with van der Waals surface area (Å²) in [4.78, 5) is 0.